The minimum absolute atomic E-state index is 0.223. The summed E-state index contributed by atoms with van der Waals surface area (Å²) in [4.78, 5) is 40.7. The van der Waals surface area contributed by atoms with Crippen molar-refractivity contribution < 1.29 is 34.8 Å². The Morgan fingerprint density at radius 3 is 2.20 bits per heavy atom. The molecule has 248 valence electrons. The van der Waals surface area contributed by atoms with Gasteiger partial charge in [-0.1, -0.05) is 77.6 Å². The van der Waals surface area contributed by atoms with Gasteiger partial charge in [-0.3, -0.25) is 9.59 Å². The van der Waals surface area contributed by atoms with Crippen LogP contribution in [0, 0.1) is 0 Å². The average Bonchev–Trinajstić information content (AvgIpc) is 3.50. The highest BCUT2D eigenvalue weighted by molar-refractivity contribution is 5.88. The third kappa shape index (κ3) is 10.6. The van der Waals surface area contributed by atoms with E-state index < -0.39 is 55.2 Å². The summed E-state index contributed by atoms with van der Waals surface area (Å²) in [5.41, 5.74) is 0.829. The number of hydrogen-bond acceptors (Lipinski definition) is 11. The van der Waals surface area contributed by atoms with Crippen molar-refractivity contribution in [2.45, 2.75) is 140 Å². The highest BCUT2D eigenvalue weighted by atomic mass is 16.5. The summed E-state index contributed by atoms with van der Waals surface area (Å²) in [5.74, 6) is -0.882. The van der Waals surface area contributed by atoms with Crippen LogP contribution in [0.1, 0.15) is 97.3 Å². The van der Waals surface area contributed by atoms with Gasteiger partial charge in [-0.05, 0) is 13.3 Å². The molecule has 2 aromatic rings. The predicted molar refractivity (Wildman–Crippen MR) is 164 cm³/mol. The van der Waals surface area contributed by atoms with E-state index in [4.69, 9.17) is 4.74 Å². The zero-order valence-electron chi connectivity index (χ0n) is 26.0. The second kappa shape index (κ2) is 18.8. The van der Waals surface area contributed by atoms with Crippen LogP contribution in [-0.2, 0) is 14.3 Å². The first-order chi connectivity index (χ1) is 21.3. The van der Waals surface area contributed by atoms with Crippen LogP contribution in [0.25, 0.3) is 11.2 Å². The first kappa shape index (κ1) is 35.6. The molecule has 0 spiro atoms. The summed E-state index contributed by atoms with van der Waals surface area (Å²) in [5, 5.41) is 49.9. The van der Waals surface area contributed by atoms with Crippen LogP contribution in [0.4, 0.5) is 5.82 Å². The number of carbonyl (C=O) groups excluding carboxylic acids is 2. The van der Waals surface area contributed by atoms with Gasteiger partial charge < -0.3 is 46.1 Å². The average molecular weight is 622 g/mol. The molecule has 2 amide bonds. The van der Waals surface area contributed by atoms with Gasteiger partial charge >= 0.3 is 0 Å². The van der Waals surface area contributed by atoms with E-state index >= 15 is 0 Å². The van der Waals surface area contributed by atoms with E-state index in [0.717, 1.165) is 19.3 Å². The van der Waals surface area contributed by atoms with Crippen molar-refractivity contribution in [1.82, 2.24) is 30.6 Å². The number of unbranched alkanes of at least 4 members (excludes halogenated alkanes) is 11. The van der Waals surface area contributed by atoms with Gasteiger partial charge in [0, 0.05) is 6.42 Å². The molecule has 1 aliphatic heterocycles. The van der Waals surface area contributed by atoms with Gasteiger partial charge in [0.15, 0.2) is 17.7 Å². The molecule has 1 fully saturated rings. The fourth-order valence-corrected chi connectivity index (χ4v) is 5.46. The Labute approximate surface area is 258 Å². The van der Waals surface area contributed by atoms with E-state index in [2.05, 4.69) is 42.8 Å². The molecule has 0 aromatic carbocycles. The first-order valence-electron chi connectivity index (χ1n) is 16.1. The normalized spacial score (nSPS) is 23.3. The lowest BCUT2D eigenvalue weighted by molar-refractivity contribution is -0.186. The SMILES string of the molecule is CCCCCCCCCCCCCCC(=O)N[C@H](C(=O)N[C@@H]1[C@@H](O)[C@H](O)[C@@H](Nc2ncnc3nc[nH]c23)O[C@H]1CO)[C@@H](C)O. The molecular weight excluding hydrogens is 570 g/mol. The highest BCUT2D eigenvalue weighted by Crippen LogP contribution is 2.24. The Balaban J connectivity index is 1.42. The van der Waals surface area contributed by atoms with E-state index in [9.17, 15) is 30.0 Å². The molecule has 3 rings (SSSR count). The molecule has 1 saturated heterocycles. The maximum absolute atomic E-state index is 13.1. The highest BCUT2D eigenvalue weighted by Gasteiger charge is 2.46. The molecule has 0 bridgehead atoms. The van der Waals surface area contributed by atoms with Crippen molar-refractivity contribution in [2.24, 2.45) is 0 Å². The van der Waals surface area contributed by atoms with Gasteiger partial charge in [0.25, 0.3) is 0 Å². The van der Waals surface area contributed by atoms with Gasteiger partial charge in [0.05, 0.1) is 25.1 Å². The van der Waals surface area contributed by atoms with Crippen molar-refractivity contribution in [3.63, 3.8) is 0 Å². The number of rotatable bonds is 20. The molecule has 8 N–H and O–H groups in total. The van der Waals surface area contributed by atoms with Crippen LogP contribution >= 0.6 is 0 Å². The summed E-state index contributed by atoms with van der Waals surface area (Å²) in [6, 6.07) is -2.53. The van der Waals surface area contributed by atoms with E-state index in [1.165, 1.54) is 70.9 Å². The minimum Gasteiger partial charge on any atom is -0.394 e. The van der Waals surface area contributed by atoms with Gasteiger partial charge in [-0.15, -0.1) is 0 Å². The van der Waals surface area contributed by atoms with Gasteiger partial charge in [0.1, 0.15) is 36.2 Å². The van der Waals surface area contributed by atoms with Crippen LogP contribution in [0.2, 0.25) is 0 Å². The topological polar surface area (TPSA) is 215 Å². The number of aliphatic hydroxyl groups is 4. The number of carbonyl (C=O) groups is 2. The number of H-pyrrole nitrogens is 1. The smallest absolute Gasteiger partial charge is 0.245 e. The van der Waals surface area contributed by atoms with E-state index in [0.29, 0.717) is 17.6 Å². The lowest BCUT2D eigenvalue weighted by atomic mass is 9.94. The number of hydrogen-bond donors (Lipinski definition) is 8. The lowest BCUT2D eigenvalue weighted by Crippen LogP contribution is -2.67. The first-order valence-corrected chi connectivity index (χ1v) is 16.1. The lowest BCUT2D eigenvalue weighted by Gasteiger charge is -2.43. The monoisotopic (exact) mass is 621 g/mol. The fourth-order valence-electron chi connectivity index (χ4n) is 5.46. The van der Waals surface area contributed by atoms with Crippen LogP contribution < -0.4 is 16.0 Å². The Bertz CT molecular complexity index is 1130. The van der Waals surface area contributed by atoms with Crippen LogP contribution in [0.15, 0.2) is 12.7 Å². The molecule has 44 heavy (non-hydrogen) atoms. The van der Waals surface area contributed by atoms with Crippen molar-refractivity contribution >= 4 is 28.8 Å². The van der Waals surface area contributed by atoms with Crippen LogP contribution in [-0.4, -0.2) is 102 Å². The van der Waals surface area contributed by atoms with Crippen molar-refractivity contribution in [1.29, 1.82) is 0 Å². The molecule has 1 aliphatic rings. The van der Waals surface area contributed by atoms with Crippen LogP contribution in [0.5, 0.6) is 0 Å². The number of anilines is 1. The summed E-state index contributed by atoms with van der Waals surface area (Å²) in [6.45, 7) is 3.00. The van der Waals surface area contributed by atoms with Crippen molar-refractivity contribution in [2.75, 3.05) is 11.9 Å². The molecule has 2 aromatic heterocycles. The summed E-state index contributed by atoms with van der Waals surface area (Å²) in [7, 11) is 0. The number of aromatic nitrogens is 4. The van der Waals surface area contributed by atoms with Crippen molar-refractivity contribution in [3.05, 3.63) is 12.7 Å². The third-order valence-corrected chi connectivity index (χ3v) is 8.08. The van der Waals surface area contributed by atoms with Crippen molar-refractivity contribution in [3.8, 4) is 0 Å². The maximum Gasteiger partial charge on any atom is 0.245 e. The minimum atomic E-state index is -1.56. The maximum atomic E-state index is 13.1. The third-order valence-electron chi connectivity index (χ3n) is 8.08. The Morgan fingerprint density at radius 2 is 1.59 bits per heavy atom. The molecule has 3 heterocycles. The zero-order valence-corrected chi connectivity index (χ0v) is 26.0. The Kier molecular flexibility index (Phi) is 15.2. The number of ether oxygens (including phenoxy) is 1. The molecule has 0 aliphatic carbocycles. The largest absolute Gasteiger partial charge is 0.394 e. The predicted octanol–water partition coefficient (Wildman–Crippen LogP) is 1.65. The summed E-state index contributed by atoms with van der Waals surface area (Å²) >= 11 is 0. The molecule has 0 unspecified atom stereocenters. The number of amides is 2. The molecule has 14 heteroatoms. The Morgan fingerprint density at radius 1 is 0.955 bits per heavy atom. The number of nitrogens with one attached hydrogen (secondary N) is 4. The number of aromatic amines is 1. The molecule has 0 radical (unpaired) electrons. The molecule has 7 atom stereocenters. The number of aliphatic hydroxyl groups excluding tert-OH is 4. The molecule has 0 saturated carbocycles. The second-order valence-electron chi connectivity index (χ2n) is 11.7. The zero-order chi connectivity index (χ0) is 31.9. The van der Waals surface area contributed by atoms with Crippen LogP contribution in [0.3, 0.4) is 0 Å². The van der Waals surface area contributed by atoms with E-state index in [1.807, 2.05) is 0 Å². The summed E-state index contributed by atoms with van der Waals surface area (Å²) in [6.07, 6.45) is 10.3. The van der Waals surface area contributed by atoms with Gasteiger partial charge in [-0.25, -0.2) is 15.0 Å². The molecule has 14 nitrogen and oxygen atoms in total. The fraction of sp³-hybridized carbons (Fsp3) is 0.767. The number of imidazole rings is 1. The van der Waals surface area contributed by atoms with Gasteiger partial charge in [-0.2, -0.15) is 0 Å². The van der Waals surface area contributed by atoms with E-state index in [1.54, 1.807) is 0 Å². The Hall–Kier alpha value is -2.91. The molecular formula is C30H51N7O7. The summed E-state index contributed by atoms with van der Waals surface area (Å²) < 4.78 is 5.78. The number of nitrogens with zero attached hydrogens (tertiary/aromatic N) is 3. The standard InChI is InChI=1S/C30H51N7O7/c1-3-4-5-6-7-8-9-10-11-12-13-14-15-21(40)35-22(19(2)39)29(43)36-23-20(16-38)44-30(26(42)25(23)41)37-28-24-27(32-17-31-24)33-18-34-28/h17-20,22-23,25-26,30,38-39,41-42H,3-16H2,1-2H3,(H,35,40)(H,36,43)(H2,31,32,33,34,37)/t19-,20+,22+,23+,25-,26+,30+/m1/s1. The second-order valence-corrected chi connectivity index (χ2v) is 11.7. The van der Waals surface area contributed by atoms with Gasteiger partial charge in [0.2, 0.25) is 11.8 Å². The number of fused-ring (bicyclic) bond motifs is 1. The quantitative estimate of drug-likeness (QED) is 0.0995. The van der Waals surface area contributed by atoms with E-state index in [-0.39, 0.29) is 18.1 Å².